The zero-order valence-corrected chi connectivity index (χ0v) is 20.9. The number of nitrogens with zero attached hydrogens (tertiary/aromatic N) is 2. The highest BCUT2D eigenvalue weighted by Crippen LogP contribution is 2.33. The lowest BCUT2D eigenvalue weighted by molar-refractivity contribution is 0.306. The van der Waals surface area contributed by atoms with Crippen molar-refractivity contribution in [2.24, 2.45) is 0 Å². The Hall–Kier alpha value is -3.54. The Balaban J connectivity index is 1.22. The van der Waals surface area contributed by atoms with Gasteiger partial charge in [0.15, 0.2) is 0 Å². The van der Waals surface area contributed by atoms with E-state index in [1.807, 2.05) is 60.7 Å². The summed E-state index contributed by atoms with van der Waals surface area (Å²) in [6.45, 7) is 1.79. The molecule has 0 radical (unpaired) electrons. The van der Waals surface area contributed by atoms with Crippen LogP contribution in [0, 0.1) is 0 Å². The molecule has 0 fully saturated rings. The maximum Gasteiger partial charge on any atom is 0.150 e. The number of aromatic nitrogens is 1. The van der Waals surface area contributed by atoms with Gasteiger partial charge < -0.3 is 14.4 Å². The van der Waals surface area contributed by atoms with Crippen molar-refractivity contribution in [1.82, 2.24) is 4.37 Å². The van der Waals surface area contributed by atoms with Gasteiger partial charge in [-0.25, -0.2) is 0 Å². The molecule has 4 nitrogen and oxygen atoms in total. The quantitative estimate of drug-likeness (QED) is 0.207. The van der Waals surface area contributed by atoms with Crippen molar-refractivity contribution in [2.45, 2.75) is 19.8 Å². The number of hydrogen-bond acceptors (Lipinski definition) is 5. The largest absolute Gasteiger partial charge is 0.489 e. The van der Waals surface area contributed by atoms with Gasteiger partial charge in [0.25, 0.3) is 0 Å². The molecule has 0 aliphatic rings. The molecular weight excluding hydrogens is 476 g/mol. The third kappa shape index (κ3) is 5.94. The van der Waals surface area contributed by atoms with E-state index in [2.05, 4.69) is 48.3 Å². The van der Waals surface area contributed by atoms with Crippen LogP contribution in [0.5, 0.6) is 11.5 Å². The van der Waals surface area contributed by atoms with E-state index in [4.69, 9.17) is 25.4 Å². The molecule has 0 amide bonds. The van der Waals surface area contributed by atoms with Crippen LogP contribution < -0.4 is 14.4 Å². The molecule has 0 N–H and O–H groups in total. The Bertz CT molecular complexity index is 1390. The molecule has 4 aromatic carbocycles. The third-order valence-corrected chi connectivity index (χ3v) is 6.76. The standard InChI is InChI=1S/C29H25ClN2O2S/c1-32(18-21-9-13-25(14-10-21)33-20-23-7-11-24(30)12-8-23)29-27-17-26(15-16-28(27)35-31-29)34-19-22-5-3-2-4-6-22/h2-17H,18-20H2,1H3. The minimum Gasteiger partial charge on any atom is -0.489 e. The first kappa shape index (κ1) is 23.2. The van der Waals surface area contributed by atoms with Gasteiger partial charge >= 0.3 is 0 Å². The van der Waals surface area contributed by atoms with Crippen LogP contribution in [-0.4, -0.2) is 11.4 Å². The fraction of sp³-hybridized carbons (Fsp3) is 0.138. The van der Waals surface area contributed by atoms with Crippen molar-refractivity contribution in [3.8, 4) is 11.5 Å². The van der Waals surface area contributed by atoms with Crippen molar-refractivity contribution < 1.29 is 9.47 Å². The van der Waals surface area contributed by atoms with E-state index in [1.54, 1.807) is 0 Å². The van der Waals surface area contributed by atoms with Crippen LogP contribution in [0.3, 0.4) is 0 Å². The number of benzene rings is 4. The molecule has 1 aromatic heterocycles. The van der Waals surface area contributed by atoms with Crippen molar-refractivity contribution >= 4 is 39.0 Å². The van der Waals surface area contributed by atoms with E-state index >= 15 is 0 Å². The SMILES string of the molecule is CN(Cc1ccc(OCc2ccc(Cl)cc2)cc1)c1nsc2ccc(OCc3ccccc3)cc12. The number of hydrogen-bond donors (Lipinski definition) is 0. The first-order valence-electron chi connectivity index (χ1n) is 11.4. The fourth-order valence-corrected chi connectivity index (χ4v) is 4.72. The predicted molar refractivity (Wildman–Crippen MR) is 145 cm³/mol. The first-order chi connectivity index (χ1) is 17.1. The number of rotatable bonds is 9. The van der Waals surface area contributed by atoms with Crippen LogP contribution in [0.15, 0.2) is 97.1 Å². The molecule has 0 unspecified atom stereocenters. The molecule has 176 valence electrons. The number of anilines is 1. The topological polar surface area (TPSA) is 34.6 Å². The van der Waals surface area contributed by atoms with Gasteiger partial charge in [0.2, 0.25) is 0 Å². The average Bonchev–Trinajstić information content (AvgIpc) is 3.32. The van der Waals surface area contributed by atoms with Gasteiger partial charge in [-0.1, -0.05) is 66.2 Å². The normalized spacial score (nSPS) is 10.9. The summed E-state index contributed by atoms with van der Waals surface area (Å²) in [6, 6.07) is 32.3. The van der Waals surface area contributed by atoms with Crippen LogP contribution in [0.25, 0.3) is 10.1 Å². The lowest BCUT2D eigenvalue weighted by Gasteiger charge is -2.17. The Labute approximate surface area is 214 Å². The van der Waals surface area contributed by atoms with E-state index in [9.17, 15) is 0 Å². The first-order valence-corrected chi connectivity index (χ1v) is 12.5. The van der Waals surface area contributed by atoms with E-state index in [0.717, 1.165) is 50.1 Å². The summed E-state index contributed by atoms with van der Waals surface area (Å²) in [5.41, 5.74) is 3.42. The van der Waals surface area contributed by atoms with Gasteiger partial charge in [-0.05, 0) is 70.7 Å². The maximum atomic E-state index is 6.03. The summed E-state index contributed by atoms with van der Waals surface area (Å²) in [7, 11) is 2.07. The van der Waals surface area contributed by atoms with E-state index in [0.29, 0.717) is 13.2 Å². The van der Waals surface area contributed by atoms with E-state index in [-0.39, 0.29) is 0 Å². The van der Waals surface area contributed by atoms with Crippen molar-refractivity contribution in [3.05, 3.63) is 119 Å². The van der Waals surface area contributed by atoms with Gasteiger partial charge in [0.05, 0.1) is 4.70 Å². The lowest BCUT2D eigenvalue weighted by Crippen LogP contribution is -2.16. The molecule has 0 aliphatic carbocycles. The second kappa shape index (κ2) is 10.8. The number of fused-ring (bicyclic) bond motifs is 1. The van der Waals surface area contributed by atoms with Crippen molar-refractivity contribution in [2.75, 3.05) is 11.9 Å². The Morgan fingerprint density at radius 1 is 0.743 bits per heavy atom. The lowest BCUT2D eigenvalue weighted by atomic mass is 10.2. The van der Waals surface area contributed by atoms with E-state index in [1.165, 1.54) is 17.1 Å². The smallest absolute Gasteiger partial charge is 0.150 e. The fourth-order valence-electron chi connectivity index (χ4n) is 3.80. The van der Waals surface area contributed by atoms with Gasteiger partial charge in [-0.2, -0.15) is 4.37 Å². The Morgan fingerprint density at radius 3 is 2.11 bits per heavy atom. The molecule has 5 rings (SSSR count). The molecule has 0 spiro atoms. The summed E-state index contributed by atoms with van der Waals surface area (Å²) in [5.74, 6) is 2.64. The van der Waals surface area contributed by atoms with Gasteiger partial charge in [-0.3, -0.25) is 0 Å². The number of ether oxygens (including phenoxy) is 2. The van der Waals surface area contributed by atoms with Gasteiger partial charge in [0, 0.05) is 24.0 Å². The molecule has 0 aliphatic heterocycles. The average molecular weight is 501 g/mol. The second-order valence-corrected chi connectivity index (χ2v) is 9.59. The van der Waals surface area contributed by atoms with Crippen molar-refractivity contribution in [3.63, 3.8) is 0 Å². The summed E-state index contributed by atoms with van der Waals surface area (Å²) >= 11 is 7.46. The van der Waals surface area contributed by atoms with Crippen LogP contribution >= 0.6 is 23.1 Å². The predicted octanol–water partition coefficient (Wildman–Crippen LogP) is 7.74. The van der Waals surface area contributed by atoms with Crippen LogP contribution in [0.1, 0.15) is 16.7 Å². The third-order valence-electron chi connectivity index (χ3n) is 5.69. The van der Waals surface area contributed by atoms with E-state index < -0.39 is 0 Å². The van der Waals surface area contributed by atoms with Gasteiger partial charge in [-0.15, -0.1) is 0 Å². The molecule has 0 bridgehead atoms. The van der Waals surface area contributed by atoms with Crippen LogP contribution in [0.2, 0.25) is 5.02 Å². The highest BCUT2D eigenvalue weighted by molar-refractivity contribution is 7.13. The zero-order chi connectivity index (χ0) is 24.0. The molecule has 0 saturated carbocycles. The number of halogens is 1. The highest BCUT2D eigenvalue weighted by Gasteiger charge is 2.13. The summed E-state index contributed by atoms with van der Waals surface area (Å²) in [4.78, 5) is 2.17. The minimum absolute atomic E-state index is 0.510. The molecule has 35 heavy (non-hydrogen) atoms. The minimum atomic E-state index is 0.510. The summed E-state index contributed by atoms with van der Waals surface area (Å²) in [5, 5.41) is 1.83. The maximum absolute atomic E-state index is 6.03. The summed E-state index contributed by atoms with van der Waals surface area (Å²) < 4.78 is 17.8. The molecule has 6 heteroatoms. The zero-order valence-electron chi connectivity index (χ0n) is 19.4. The molecule has 0 saturated heterocycles. The second-order valence-electron chi connectivity index (χ2n) is 8.35. The highest BCUT2D eigenvalue weighted by atomic mass is 35.5. The Kier molecular flexibility index (Phi) is 7.17. The van der Waals surface area contributed by atoms with Crippen molar-refractivity contribution in [1.29, 1.82) is 0 Å². The monoisotopic (exact) mass is 500 g/mol. The van der Waals surface area contributed by atoms with Gasteiger partial charge in [0.1, 0.15) is 30.5 Å². The molecular formula is C29H25ClN2O2S. The molecule has 5 aromatic rings. The van der Waals surface area contributed by atoms with Crippen LogP contribution in [0.4, 0.5) is 5.82 Å². The summed E-state index contributed by atoms with van der Waals surface area (Å²) in [6.07, 6.45) is 0. The molecule has 1 heterocycles. The van der Waals surface area contributed by atoms with Crippen LogP contribution in [-0.2, 0) is 19.8 Å². The molecule has 0 atom stereocenters. The Morgan fingerprint density at radius 2 is 1.37 bits per heavy atom.